The van der Waals surface area contributed by atoms with Crippen molar-refractivity contribution in [1.82, 2.24) is 9.29 Å². The molecule has 1 aliphatic rings. The maximum absolute atomic E-state index is 12.7. The molecule has 5 nitrogen and oxygen atoms in total. The van der Waals surface area contributed by atoms with Gasteiger partial charge < -0.3 is 4.74 Å². The van der Waals surface area contributed by atoms with Crippen molar-refractivity contribution in [1.29, 1.82) is 0 Å². The zero-order valence-corrected chi connectivity index (χ0v) is 15.6. The molecule has 128 valence electrons. The number of nitrogens with zero attached hydrogens (tertiary/aromatic N) is 2. The van der Waals surface area contributed by atoms with Crippen LogP contribution >= 0.6 is 34.8 Å². The maximum Gasteiger partial charge on any atom is 0.244 e. The number of ether oxygens (including phenoxy) is 1. The second kappa shape index (κ2) is 6.69. The van der Waals surface area contributed by atoms with Gasteiger partial charge in [-0.3, -0.25) is 0 Å². The Bertz CT molecular complexity index is 866. The Morgan fingerprint density at radius 3 is 2.50 bits per heavy atom. The van der Waals surface area contributed by atoms with Crippen LogP contribution < -0.4 is 4.74 Å². The standard InChI is InChI=1S/C15H13Cl3N2O3S/c1-9-4-14(13(18)5-12(9)17)24(21,22)20-7-11(8-20)23-15-3-2-10(16)6-19-15/h2-6,11H,7-8H2,1H3. The largest absolute Gasteiger partial charge is 0.472 e. The number of hydrogen-bond acceptors (Lipinski definition) is 4. The van der Waals surface area contributed by atoms with Gasteiger partial charge in [0, 0.05) is 17.3 Å². The summed E-state index contributed by atoms with van der Waals surface area (Å²) in [7, 11) is -3.68. The van der Waals surface area contributed by atoms with Crippen LogP contribution in [0.5, 0.6) is 5.88 Å². The average Bonchev–Trinajstić information content (AvgIpc) is 2.47. The van der Waals surface area contributed by atoms with E-state index in [-0.39, 0.29) is 29.1 Å². The van der Waals surface area contributed by atoms with Crippen molar-refractivity contribution in [3.8, 4) is 5.88 Å². The topological polar surface area (TPSA) is 59.5 Å². The van der Waals surface area contributed by atoms with Crippen LogP contribution in [0.3, 0.4) is 0 Å². The van der Waals surface area contributed by atoms with E-state index in [1.807, 2.05) is 0 Å². The molecule has 1 aromatic heterocycles. The van der Waals surface area contributed by atoms with E-state index >= 15 is 0 Å². The lowest BCUT2D eigenvalue weighted by Crippen LogP contribution is -2.56. The van der Waals surface area contributed by atoms with Crippen molar-refractivity contribution in [3.05, 3.63) is 51.1 Å². The van der Waals surface area contributed by atoms with Gasteiger partial charge in [-0.2, -0.15) is 4.31 Å². The van der Waals surface area contributed by atoms with Gasteiger partial charge in [0.2, 0.25) is 15.9 Å². The van der Waals surface area contributed by atoms with Crippen LogP contribution in [-0.2, 0) is 10.0 Å². The summed E-state index contributed by atoms with van der Waals surface area (Å²) in [6, 6.07) is 6.22. The summed E-state index contributed by atoms with van der Waals surface area (Å²) in [6.45, 7) is 2.18. The molecule has 1 aliphatic heterocycles. The normalized spacial score (nSPS) is 16.0. The summed E-state index contributed by atoms with van der Waals surface area (Å²) in [5.41, 5.74) is 0.651. The van der Waals surface area contributed by atoms with Crippen LogP contribution in [0.25, 0.3) is 0 Å². The Kier molecular flexibility index (Phi) is 4.95. The number of pyridine rings is 1. The third-order valence-corrected chi connectivity index (χ3v) is 6.56. The molecule has 0 unspecified atom stereocenters. The molecule has 1 aromatic carbocycles. The molecule has 2 heterocycles. The lowest BCUT2D eigenvalue weighted by Gasteiger charge is -2.37. The highest BCUT2D eigenvalue weighted by molar-refractivity contribution is 7.89. The van der Waals surface area contributed by atoms with Crippen LogP contribution in [0.2, 0.25) is 15.1 Å². The number of hydrogen-bond donors (Lipinski definition) is 0. The van der Waals surface area contributed by atoms with Crippen LogP contribution in [-0.4, -0.2) is 36.9 Å². The summed E-state index contributed by atoms with van der Waals surface area (Å²) in [6.07, 6.45) is 1.21. The molecule has 0 bridgehead atoms. The quantitative estimate of drug-likeness (QED) is 0.773. The van der Waals surface area contributed by atoms with Gasteiger partial charge >= 0.3 is 0 Å². The molecule has 0 atom stereocenters. The van der Waals surface area contributed by atoms with Crippen molar-refractivity contribution in [2.75, 3.05) is 13.1 Å². The van der Waals surface area contributed by atoms with Gasteiger partial charge in [-0.15, -0.1) is 0 Å². The van der Waals surface area contributed by atoms with E-state index in [4.69, 9.17) is 39.5 Å². The Hall–Kier alpha value is -1.05. The molecule has 1 fully saturated rings. The Balaban J connectivity index is 1.70. The minimum absolute atomic E-state index is 0.0501. The average molecular weight is 408 g/mol. The second-order valence-corrected chi connectivity index (χ2v) is 8.57. The van der Waals surface area contributed by atoms with Gasteiger partial charge in [0.1, 0.15) is 11.0 Å². The molecule has 24 heavy (non-hydrogen) atoms. The van der Waals surface area contributed by atoms with Crippen LogP contribution in [0.15, 0.2) is 35.4 Å². The van der Waals surface area contributed by atoms with Gasteiger partial charge in [0.05, 0.1) is 23.1 Å². The predicted octanol–water partition coefficient (Wildman–Crippen LogP) is 3.80. The molecular weight excluding hydrogens is 395 g/mol. The Labute approximate surface area is 155 Å². The molecule has 0 radical (unpaired) electrons. The molecular formula is C15H13Cl3N2O3S. The van der Waals surface area contributed by atoms with E-state index in [1.54, 1.807) is 19.1 Å². The molecule has 0 N–H and O–H groups in total. The molecule has 0 spiro atoms. The minimum Gasteiger partial charge on any atom is -0.472 e. The number of aryl methyl sites for hydroxylation is 1. The first-order valence-corrected chi connectivity index (χ1v) is 9.59. The van der Waals surface area contributed by atoms with E-state index in [0.717, 1.165) is 0 Å². The van der Waals surface area contributed by atoms with Crippen molar-refractivity contribution >= 4 is 44.8 Å². The van der Waals surface area contributed by atoms with E-state index < -0.39 is 10.0 Å². The fraction of sp³-hybridized carbons (Fsp3) is 0.267. The molecule has 3 rings (SSSR count). The van der Waals surface area contributed by atoms with Crippen molar-refractivity contribution < 1.29 is 13.2 Å². The molecule has 0 aliphatic carbocycles. The van der Waals surface area contributed by atoms with Crippen LogP contribution in [0.1, 0.15) is 5.56 Å². The first-order chi connectivity index (χ1) is 11.3. The molecule has 9 heteroatoms. The second-order valence-electron chi connectivity index (χ2n) is 5.41. The highest BCUT2D eigenvalue weighted by Gasteiger charge is 2.39. The molecule has 0 saturated carbocycles. The van der Waals surface area contributed by atoms with Crippen molar-refractivity contribution in [2.24, 2.45) is 0 Å². The van der Waals surface area contributed by atoms with E-state index in [0.29, 0.717) is 21.5 Å². The molecule has 0 amide bonds. The highest BCUT2D eigenvalue weighted by atomic mass is 35.5. The summed E-state index contributed by atoms with van der Waals surface area (Å²) in [5.74, 6) is 0.404. The first kappa shape index (κ1) is 17.8. The van der Waals surface area contributed by atoms with Crippen molar-refractivity contribution in [2.45, 2.75) is 17.9 Å². The summed E-state index contributed by atoms with van der Waals surface area (Å²) in [5, 5.41) is 1.04. The molecule has 2 aromatic rings. The summed E-state index contributed by atoms with van der Waals surface area (Å²) < 4.78 is 32.2. The zero-order chi connectivity index (χ0) is 17.5. The van der Waals surface area contributed by atoms with Gasteiger partial charge in [0.15, 0.2) is 0 Å². The predicted molar refractivity (Wildman–Crippen MR) is 93.6 cm³/mol. The van der Waals surface area contributed by atoms with Crippen LogP contribution in [0.4, 0.5) is 0 Å². The van der Waals surface area contributed by atoms with Gasteiger partial charge in [-0.1, -0.05) is 34.8 Å². The fourth-order valence-electron chi connectivity index (χ4n) is 2.24. The van der Waals surface area contributed by atoms with Gasteiger partial charge in [-0.05, 0) is 30.7 Å². The minimum atomic E-state index is -3.68. The number of sulfonamides is 1. The number of halogens is 3. The SMILES string of the molecule is Cc1cc(S(=O)(=O)N2CC(Oc3ccc(Cl)cn3)C2)c(Cl)cc1Cl. The first-order valence-electron chi connectivity index (χ1n) is 7.01. The lowest BCUT2D eigenvalue weighted by atomic mass is 10.2. The Morgan fingerprint density at radius 1 is 1.17 bits per heavy atom. The van der Waals surface area contributed by atoms with Gasteiger partial charge in [-0.25, -0.2) is 13.4 Å². The summed E-state index contributed by atoms with van der Waals surface area (Å²) in [4.78, 5) is 4.07. The van der Waals surface area contributed by atoms with E-state index in [2.05, 4.69) is 4.98 Å². The highest BCUT2D eigenvalue weighted by Crippen LogP contribution is 2.32. The maximum atomic E-state index is 12.7. The number of benzene rings is 1. The smallest absolute Gasteiger partial charge is 0.244 e. The fourth-order valence-corrected chi connectivity index (χ4v) is 4.66. The lowest BCUT2D eigenvalue weighted by molar-refractivity contribution is 0.0721. The number of rotatable bonds is 4. The number of aromatic nitrogens is 1. The van der Waals surface area contributed by atoms with E-state index in [9.17, 15) is 8.42 Å². The third kappa shape index (κ3) is 3.48. The summed E-state index contributed by atoms with van der Waals surface area (Å²) >= 11 is 17.8. The van der Waals surface area contributed by atoms with Crippen molar-refractivity contribution in [3.63, 3.8) is 0 Å². The third-order valence-electron chi connectivity index (χ3n) is 3.63. The van der Waals surface area contributed by atoms with Gasteiger partial charge in [0.25, 0.3) is 0 Å². The molecule has 1 saturated heterocycles. The van der Waals surface area contributed by atoms with Crippen LogP contribution in [0, 0.1) is 6.92 Å². The zero-order valence-electron chi connectivity index (χ0n) is 12.5. The van der Waals surface area contributed by atoms with E-state index in [1.165, 1.54) is 22.6 Å². The monoisotopic (exact) mass is 406 g/mol. The Morgan fingerprint density at radius 2 is 1.88 bits per heavy atom.